The van der Waals surface area contributed by atoms with E-state index in [9.17, 15) is 19.5 Å². The topological polar surface area (TPSA) is 95.9 Å². The Balaban J connectivity index is 1.58. The molecular weight excluding hydrogens is 372 g/mol. The standard InChI is InChI=1S/C22H24N2O5/c1-29-18-9-5-6-16(14-18)20(26)23-15-19(25)24-12-10-22(11-13-24,21(27)28)17-7-3-2-4-8-17/h2-9,14H,10-13,15H2,1H3,(H,23,26)(H,27,28). The molecule has 0 unspecified atom stereocenters. The van der Waals surface area contributed by atoms with Crippen molar-refractivity contribution in [2.24, 2.45) is 0 Å². The minimum atomic E-state index is -0.984. The van der Waals surface area contributed by atoms with Crippen LogP contribution < -0.4 is 10.1 Å². The van der Waals surface area contributed by atoms with Crippen LogP contribution in [0.4, 0.5) is 0 Å². The van der Waals surface area contributed by atoms with Crippen molar-refractivity contribution < 1.29 is 24.2 Å². The summed E-state index contributed by atoms with van der Waals surface area (Å²) in [6.45, 7) is 0.519. The molecule has 0 spiro atoms. The van der Waals surface area contributed by atoms with Crippen molar-refractivity contribution in [3.05, 3.63) is 65.7 Å². The third-order valence-corrected chi connectivity index (χ3v) is 5.44. The number of carboxylic acids is 1. The average molecular weight is 396 g/mol. The number of hydrogen-bond acceptors (Lipinski definition) is 4. The lowest BCUT2D eigenvalue weighted by atomic mass is 9.73. The molecule has 2 N–H and O–H groups in total. The SMILES string of the molecule is COc1cccc(C(=O)NCC(=O)N2CCC(C(=O)O)(c3ccccc3)CC2)c1. The van der Waals surface area contributed by atoms with E-state index in [1.54, 1.807) is 29.2 Å². The van der Waals surface area contributed by atoms with Gasteiger partial charge in [0.05, 0.1) is 19.1 Å². The van der Waals surface area contributed by atoms with E-state index >= 15 is 0 Å². The number of ether oxygens (including phenoxy) is 1. The van der Waals surface area contributed by atoms with Gasteiger partial charge >= 0.3 is 5.97 Å². The first-order valence-corrected chi connectivity index (χ1v) is 9.45. The monoisotopic (exact) mass is 396 g/mol. The Labute approximate surface area is 169 Å². The Kier molecular flexibility index (Phi) is 6.16. The maximum Gasteiger partial charge on any atom is 0.314 e. The van der Waals surface area contributed by atoms with E-state index in [1.165, 1.54) is 7.11 Å². The van der Waals surface area contributed by atoms with Gasteiger partial charge in [0.15, 0.2) is 0 Å². The molecule has 0 bridgehead atoms. The number of rotatable bonds is 6. The summed E-state index contributed by atoms with van der Waals surface area (Å²) < 4.78 is 5.10. The minimum absolute atomic E-state index is 0.137. The summed E-state index contributed by atoms with van der Waals surface area (Å²) in [5.41, 5.74) is 0.178. The van der Waals surface area contributed by atoms with Gasteiger partial charge < -0.3 is 20.1 Å². The van der Waals surface area contributed by atoms with Crippen LogP contribution in [0, 0.1) is 0 Å². The molecule has 7 heteroatoms. The fourth-order valence-electron chi connectivity index (χ4n) is 3.66. The van der Waals surface area contributed by atoms with E-state index in [0.29, 0.717) is 37.2 Å². The molecule has 2 aromatic carbocycles. The summed E-state index contributed by atoms with van der Waals surface area (Å²) in [4.78, 5) is 38.4. The molecule has 1 heterocycles. The van der Waals surface area contributed by atoms with Crippen LogP contribution >= 0.6 is 0 Å². The first kappa shape index (κ1) is 20.4. The third-order valence-electron chi connectivity index (χ3n) is 5.44. The number of carbonyl (C=O) groups is 3. The highest BCUT2D eigenvalue weighted by Crippen LogP contribution is 2.35. The van der Waals surface area contributed by atoms with Gasteiger partial charge in [0.25, 0.3) is 5.91 Å². The Morgan fingerprint density at radius 1 is 1.07 bits per heavy atom. The van der Waals surface area contributed by atoms with Crippen molar-refractivity contribution in [2.45, 2.75) is 18.3 Å². The number of hydrogen-bond donors (Lipinski definition) is 2. The number of carbonyl (C=O) groups excluding carboxylic acids is 2. The second-order valence-electron chi connectivity index (χ2n) is 7.05. The first-order valence-electron chi connectivity index (χ1n) is 9.45. The largest absolute Gasteiger partial charge is 0.497 e. The Hall–Kier alpha value is -3.35. The van der Waals surface area contributed by atoms with Gasteiger partial charge in [0.1, 0.15) is 5.75 Å². The molecule has 29 heavy (non-hydrogen) atoms. The molecule has 0 atom stereocenters. The lowest BCUT2D eigenvalue weighted by Crippen LogP contribution is -2.51. The Morgan fingerprint density at radius 3 is 2.38 bits per heavy atom. The molecule has 1 aliphatic rings. The van der Waals surface area contributed by atoms with Crippen LogP contribution in [0.25, 0.3) is 0 Å². The van der Waals surface area contributed by atoms with E-state index < -0.39 is 11.4 Å². The lowest BCUT2D eigenvalue weighted by molar-refractivity contribution is -0.148. The summed E-state index contributed by atoms with van der Waals surface area (Å²) in [5.74, 6) is -0.903. The van der Waals surface area contributed by atoms with Crippen molar-refractivity contribution in [2.75, 3.05) is 26.7 Å². The first-order chi connectivity index (χ1) is 14.0. The number of benzene rings is 2. The van der Waals surface area contributed by atoms with Crippen LogP contribution in [0.5, 0.6) is 5.75 Å². The van der Waals surface area contributed by atoms with E-state index in [2.05, 4.69) is 5.32 Å². The highest BCUT2D eigenvalue weighted by atomic mass is 16.5. The summed E-state index contributed by atoms with van der Waals surface area (Å²) in [7, 11) is 1.52. The Bertz CT molecular complexity index is 889. The molecule has 0 aliphatic carbocycles. The highest BCUT2D eigenvalue weighted by molar-refractivity contribution is 5.96. The maximum atomic E-state index is 12.5. The van der Waals surface area contributed by atoms with Gasteiger partial charge in [-0.1, -0.05) is 36.4 Å². The van der Waals surface area contributed by atoms with Gasteiger partial charge in [-0.05, 0) is 36.6 Å². The molecule has 0 radical (unpaired) electrons. The molecule has 152 valence electrons. The molecule has 3 rings (SSSR count). The molecule has 7 nitrogen and oxygen atoms in total. The van der Waals surface area contributed by atoms with Gasteiger partial charge in [-0.15, -0.1) is 0 Å². The van der Waals surface area contributed by atoms with Crippen molar-refractivity contribution in [1.29, 1.82) is 0 Å². The summed E-state index contributed by atoms with van der Waals surface area (Å²) in [5, 5.41) is 12.5. The predicted molar refractivity (Wildman–Crippen MR) is 107 cm³/mol. The molecule has 1 aliphatic heterocycles. The van der Waals surface area contributed by atoms with E-state index in [-0.39, 0.29) is 18.4 Å². The van der Waals surface area contributed by atoms with Gasteiger partial charge in [0.2, 0.25) is 5.91 Å². The van der Waals surface area contributed by atoms with Crippen molar-refractivity contribution >= 4 is 17.8 Å². The second kappa shape index (κ2) is 8.77. The fourth-order valence-corrected chi connectivity index (χ4v) is 3.66. The molecule has 1 fully saturated rings. The zero-order chi connectivity index (χ0) is 20.9. The molecule has 0 aromatic heterocycles. The van der Waals surface area contributed by atoms with Gasteiger partial charge in [0, 0.05) is 18.7 Å². The maximum absolute atomic E-state index is 12.5. The Morgan fingerprint density at radius 2 is 1.76 bits per heavy atom. The van der Waals surface area contributed by atoms with E-state index in [1.807, 2.05) is 30.3 Å². The quantitative estimate of drug-likeness (QED) is 0.779. The van der Waals surface area contributed by atoms with Crippen LogP contribution in [0.3, 0.4) is 0 Å². The smallest absolute Gasteiger partial charge is 0.314 e. The normalized spacial score (nSPS) is 15.4. The van der Waals surface area contributed by atoms with Crippen LogP contribution in [-0.2, 0) is 15.0 Å². The van der Waals surface area contributed by atoms with Gasteiger partial charge in [-0.25, -0.2) is 0 Å². The van der Waals surface area contributed by atoms with Crippen LogP contribution in [0.2, 0.25) is 0 Å². The van der Waals surface area contributed by atoms with E-state index in [0.717, 1.165) is 5.56 Å². The number of piperidine rings is 1. The molecule has 2 amide bonds. The number of carboxylic acid groups (broad SMARTS) is 1. The van der Waals surface area contributed by atoms with Crippen molar-refractivity contribution in [3.8, 4) is 5.75 Å². The minimum Gasteiger partial charge on any atom is -0.497 e. The number of methoxy groups -OCH3 is 1. The zero-order valence-corrected chi connectivity index (χ0v) is 16.3. The number of likely N-dealkylation sites (tertiary alicyclic amines) is 1. The number of amides is 2. The average Bonchev–Trinajstić information content (AvgIpc) is 2.77. The number of aliphatic carboxylic acids is 1. The highest BCUT2D eigenvalue weighted by Gasteiger charge is 2.43. The van der Waals surface area contributed by atoms with Crippen LogP contribution in [0.1, 0.15) is 28.8 Å². The molecule has 0 saturated carbocycles. The number of nitrogens with one attached hydrogen (secondary N) is 1. The van der Waals surface area contributed by atoms with E-state index in [4.69, 9.17) is 4.74 Å². The number of nitrogens with zero attached hydrogens (tertiary/aromatic N) is 1. The summed E-state index contributed by atoms with van der Waals surface area (Å²) in [6.07, 6.45) is 0.670. The summed E-state index contributed by atoms with van der Waals surface area (Å²) >= 11 is 0. The predicted octanol–water partition coefficient (Wildman–Crippen LogP) is 2.07. The lowest BCUT2D eigenvalue weighted by Gasteiger charge is -2.39. The molecule has 1 saturated heterocycles. The van der Waals surface area contributed by atoms with Crippen molar-refractivity contribution in [3.63, 3.8) is 0 Å². The zero-order valence-electron chi connectivity index (χ0n) is 16.3. The molecule has 2 aromatic rings. The summed E-state index contributed by atoms with van der Waals surface area (Å²) in [6, 6.07) is 15.8. The second-order valence-corrected chi connectivity index (χ2v) is 7.05. The fraction of sp³-hybridized carbons (Fsp3) is 0.318. The van der Waals surface area contributed by atoms with Crippen molar-refractivity contribution in [1.82, 2.24) is 10.2 Å². The van der Waals surface area contributed by atoms with Gasteiger partial charge in [-0.3, -0.25) is 14.4 Å². The molecular formula is C22H24N2O5. The third kappa shape index (κ3) is 4.39. The van der Waals surface area contributed by atoms with Crippen LogP contribution in [-0.4, -0.2) is 54.5 Å². The van der Waals surface area contributed by atoms with Gasteiger partial charge in [-0.2, -0.15) is 0 Å². The van der Waals surface area contributed by atoms with Crippen LogP contribution in [0.15, 0.2) is 54.6 Å².